The van der Waals surface area contributed by atoms with E-state index in [0.29, 0.717) is 6.61 Å². The second-order valence-electron chi connectivity index (χ2n) is 1.75. The van der Waals surface area contributed by atoms with Crippen molar-refractivity contribution in [2.75, 3.05) is 13.2 Å². The van der Waals surface area contributed by atoms with Gasteiger partial charge in [0.15, 0.2) is 6.61 Å². The van der Waals surface area contributed by atoms with E-state index in [4.69, 9.17) is 11.6 Å². The van der Waals surface area contributed by atoms with Gasteiger partial charge in [-0.25, -0.2) is 9.59 Å². The first-order chi connectivity index (χ1) is 5.16. The summed E-state index contributed by atoms with van der Waals surface area (Å²) in [5, 5.41) is 0. The zero-order chi connectivity index (χ0) is 8.69. The maximum Gasteiger partial charge on any atom is 0.404 e. The zero-order valence-electron chi connectivity index (χ0n) is 6.13. The highest BCUT2D eigenvalue weighted by Crippen LogP contribution is 1.89. The maximum absolute atomic E-state index is 10.5. The van der Waals surface area contributed by atoms with E-state index in [-0.39, 0.29) is 0 Å². The molecule has 5 heteroatoms. The van der Waals surface area contributed by atoms with Crippen molar-refractivity contribution < 1.29 is 19.1 Å². The van der Waals surface area contributed by atoms with Crippen molar-refractivity contribution in [3.05, 3.63) is 0 Å². The Morgan fingerprint density at radius 1 is 1.36 bits per heavy atom. The first kappa shape index (κ1) is 10.2. The van der Waals surface area contributed by atoms with Gasteiger partial charge in [0.1, 0.15) is 0 Å². The van der Waals surface area contributed by atoms with Gasteiger partial charge in [-0.15, -0.1) is 0 Å². The molecule has 0 aromatic carbocycles. The molecule has 11 heavy (non-hydrogen) atoms. The van der Waals surface area contributed by atoms with Crippen LogP contribution >= 0.6 is 11.6 Å². The monoisotopic (exact) mass is 180 g/mol. The van der Waals surface area contributed by atoms with E-state index in [2.05, 4.69) is 9.47 Å². The van der Waals surface area contributed by atoms with Crippen LogP contribution in [-0.4, -0.2) is 24.6 Å². The summed E-state index contributed by atoms with van der Waals surface area (Å²) in [4.78, 5) is 20.5. The molecule has 0 aliphatic rings. The van der Waals surface area contributed by atoms with E-state index in [0.717, 1.165) is 6.42 Å². The molecular weight excluding hydrogens is 172 g/mol. The number of ether oxygens (including phenoxy) is 2. The molecule has 0 spiro atoms. The predicted molar refractivity (Wildman–Crippen MR) is 38.5 cm³/mol. The SMILES string of the molecule is CCCOC(=O)COC(=O)Cl. The van der Waals surface area contributed by atoms with Crippen LogP contribution in [-0.2, 0) is 14.3 Å². The van der Waals surface area contributed by atoms with Gasteiger partial charge in [-0.3, -0.25) is 0 Å². The summed E-state index contributed by atoms with van der Waals surface area (Å²) in [6.45, 7) is 1.78. The Balaban J connectivity index is 3.30. The van der Waals surface area contributed by atoms with E-state index < -0.39 is 18.0 Å². The Kier molecular flexibility index (Phi) is 5.56. The summed E-state index contributed by atoms with van der Waals surface area (Å²) >= 11 is 4.79. The maximum atomic E-state index is 10.5. The van der Waals surface area contributed by atoms with E-state index >= 15 is 0 Å². The topological polar surface area (TPSA) is 52.6 Å². The highest BCUT2D eigenvalue weighted by Gasteiger charge is 2.04. The molecule has 0 aliphatic heterocycles. The molecule has 0 atom stereocenters. The molecule has 0 heterocycles. The van der Waals surface area contributed by atoms with Crippen LogP contribution in [0.5, 0.6) is 0 Å². The standard InChI is InChI=1S/C6H9ClO4/c1-2-3-10-5(8)4-11-6(7)9/h2-4H2,1H3. The summed E-state index contributed by atoms with van der Waals surface area (Å²) in [5.41, 5.74) is -1.00. The fourth-order valence-electron chi connectivity index (χ4n) is 0.373. The summed E-state index contributed by atoms with van der Waals surface area (Å²) < 4.78 is 8.72. The van der Waals surface area contributed by atoms with Gasteiger partial charge in [-0.1, -0.05) is 6.92 Å². The predicted octanol–water partition coefficient (Wildman–Crippen LogP) is 1.31. The average Bonchev–Trinajstić information content (AvgIpc) is 1.97. The molecular formula is C6H9ClO4. The molecule has 0 saturated carbocycles. The molecule has 0 fully saturated rings. The molecule has 0 saturated heterocycles. The van der Waals surface area contributed by atoms with Crippen molar-refractivity contribution in [1.82, 2.24) is 0 Å². The fraction of sp³-hybridized carbons (Fsp3) is 0.667. The number of hydrogen-bond acceptors (Lipinski definition) is 4. The van der Waals surface area contributed by atoms with Gasteiger partial charge < -0.3 is 9.47 Å². The molecule has 0 amide bonds. The van der Waals surface area contributed by atoms with Crippen molar-refractivity contribution in [3.8, 4) is 0 Å². The highest BCUT2D eigenvalue weighted by atomic mass is 35.5. The zero-order valence-corrected chi connectivity index (χ0v) is 6.89. The van der Waals surface area contributed by atoms with Crippen LogP contribution in [0.1, 0.15) is 13.3 Å². The lowest BCUT2D eigenvalue weighted by atomic mass is 10.5. The quantitative estimate of drug-likeness (QED) is 0.484. The third-order valence-corrected chi connectivity index (χ3v) is 0.880. The van der Waals surface area contributed by atoms with Crippen LogP contribution < -0.4 is 0 Å². The Labute approximate surface area is 69.4 Å². The Hall–Kier alpha value is -0.770. The smallest absolute Gasteiger partial charge is 0.404 e. The van der Waals surface area contributed by atoms with Crippen molar-refractivity contribution in [2.45, 2.75) is 13.3 Å². The van der Waals surface area contributed by atoms with Crippen LogP contribution in [0, 0.1) is 0 Å². The van der Waals surface area contributed by atoms with E-state index in [1.165, 1.54) is 0 Å². The number of carbonyl (C=O) groups is 2. The summed E-state index contributed by atoms with van der Waals surface area (Å²) in [6.07, 6.45) is 0.737. The second kappa shape index (κ2) is 5.97. The van der Waals surface area contributed by atoms with Crippen LogP contribution in [0.3, 0.4) is 0 Å². The van der Waals surface area contributed by atoms with Crippen molar-refractivity contribution in [1.29, 1.82) is 0 Å². The Morgan fingerprint density at radius 2 is 2.00 bits per heavy atom. The molecule has 64 valence electrons. The minimum atomic E-state index is -1.00. The van der Waals surface area contributed by atoms with E-state index in [9.17, 15) is 9.59 Å². The minimum Gasteiger partial charge on any atom is -0.463 e. The average molecular weight is 181 g/mol. The number of esters is 1. The Bertz CT molecular complexity index is 146. The first-order valence-corrected chi connectivity index (χ1v) is 3.52. The van der Waals surface area contributed by atoms with Crippen LogP contribution in [0.2, 0.25) is 0 Å². The van der Waals surface area contributed by atoms with E-state index in [1.807, 2.05) is 6.92 Å². The van der Waals surface area contributed by atoms with Gasteiger partial charge in [-0.2, -0.15) is 0 Å². The third-order valence-electron chi connectivity index (χ3n) is 0.771. The molecule has 0 aliphatic carbocycles. The number of rotatable bonds is 4. The molecule has 0 aromatic heterocycles. The van der Waals surface area contributed by atoms with Gasteiger partial charge >= 0.3 is 11.4 Å². The lowest BCUT2D eigenvalue weighted by Gasteiger charge is -2.01. The van der Waals surface area contributed by atoms with Gasteiger partial charge in [0.2, 0.25) is 0 Å². The molecule has 0 aromatic rings. The molecule has 4 nitrogen and oxygen atoms in total. The lowest BCUT2D eigenvalue weighted by Crippen LogP contribution is -2.13. The van der Waals surface area contributed by atoms with Crippen LogP contribution in [0.4, 0.5) is 4.79 Å². The summed E-state index contributed by atoms with van der Waals surface area (Å²) in [5.74, 6) is -0.583. The van der Waals surface area contributed by atoms with Gasteiger partial charge in [0.25, 0.3) is 0 Å². The first-order valence-electron chi connectivity index (χ1n) is 3.14. The molecule has 0 radical (unpaired) electrons. The normalized spacial score (nSPS) is 8.91. The minimum absolute atomic E-state index is 0.332. The number of hydrogen-bond donors (Lipinski definition) is 0. The highest BCUT2D eigenvalue weighted by molar-refractivity contribution is 6.61. The van der Waals surface area contributed by atoms with Crippen molar-refractivity contribution in [2.24, 2.45) is 0 Å². The van der Waals surface area contributed by atoms with Crippen molar-refractivity contribution >= 4 is 23.0 Å². The fourth-order valence-corrected chi connectivity index (χ4v) is 0.428. The Morgan fingerprint density at radius 3 is 2.45 bits per heavy atom. The lowest BCUT2D eigenvalue weighted by molar-refractivity contribution is -0.146. The molecule has 0 N–H and O–H groups in total. The molecule has 0 bridgehead atoms. The molecule has 0 unspecified atom stereocenters. The van der Waals surface area contributed by atoms with Gasteiger partial charge in [0.05, 0.1) is 6.61 Å². The molecule has 0 rings (SSSR count). The third kappa shape index (κ3) is 7.12. The van der Waals surface area contributed by atoms with Gasteiger partial charge in [0, 0.05) is 11.6 Å². The van der Waals surface area contributed by atoms with Crippen molar-refractivity contribution in [3.63, 3.8) is 0 Å². The summed E-state index contributed by atoms with van der Waals surface area (Å²) in [7, 11) is 0. The van der Waals surface area contributed by atoms with Gasteiger partial charge in [-0.05, 0) is 6.42 Å². The van der Waals surface area contributed by atoms with Crippen LogP contribution in [0.25, 0.3) is 0 Å². The second-order valence-corrected chi connectivity index (χ2v) is 2.06. The largest absolute Gasteiger partial charge is 0.463 e. The number of halogens is 1. The summed E-state index contributed by atoms with van der Waals surface area (Å²) in [6, 6.07) is 0. The van der Waals surface area contributed by atoms with Crippen LogP contribution in [0.15, 0.2) is 0 Å². The van der Waals surface area contributed by atoms with E-state index in [1.54, 1.807) is 0 Å². The number of carbonyl (C=O) groups excluding carboxylic acids is 2.